The maximum atomic E-state index is 12.5. The molecule has 0 N–H and O–H groups in total. The molecule has 0 spiro atoms. The van der Waals surface area contributed by atoms with Crippen molar-refractivity contribution in [3.63, 3.8) is 0 Å². The second kappa shape index (κ2) is 4.83. The highest BCUT2D eigenvalue weighted by Crippen LogP contribution is 2.30. The van der Waals surface area contributed by atoms with Crippen molar-refractivity contribution in [3.05, 3.63) is 29.8 Å². The van der Waals surface area contributed by atoms with E-state index in [1.807, 2.05) is 24.3 Å². The predicted octanol–water partition coefficient (Wildman–Crippen LogP) is 1.00. The van der Waals surface area contributed by atoms with E-state index in [4.69, 9.17) is 0 Å². The fourth-order valence-corrected chi connectivity index (χ4v) is 3.65. The number of urea groups is 1. The topological polar surface area (TPSA) is 60.9 Å². The molecular weight excluding hydrogens is 282 g/mol. The van der Waals surface area contributed by atoms with Gasteiger partial charge in [-0.1, -0.05) is 18.2 Å². The van der Waals surface area contributed by atoms with E-state index in [2.05, 4.69) is 0 Å². The SMILES string of the molecule is O=C1C2CCCN2C(=O)N1CC(=O)N1CCc2ccccc21. The number of benzene rings is 1. The molecule has 3 aliphatic heterocycles. The Kier molecular flexibility index (Phi) is 2.92. The molecule has 22 heavy (non-hydrogen) atoms. The fourth-order valence-electron chi connectivity index (χ4n) is 3.65. The summed E-state index contributed by atoms with van der Waals surface area (Å²) < 4.78 is 0. The van der Waals surface area contributed by atoms with Crippen molar-refractivity contribution >= 4 is 23.5 Å². The Bertz CT molecular complexity index is 650. The second-order valence-corrected chi connectivity index (χ2v) is 5.98. The van der Waals surface area contributed by atoms with Crippen LogP contribution in [0.1, 0.15) is 18.4 Å². The minimum Gasteiger partial charge on any atom is -0.312 e. The van der Waals surface area contributed by atoms with Gasteiger partial charge in [-0.05, 0) is 30.9 Å². The third-order valence-corrected chi connectivity index (χ3v) is 4.76. The maximum absolute atomic E-state index is 12.5. The average molecular weight is 299 g/mol. The van der Waals surface area contributed by atoms with Crippen LogP contribution in [0.5, 0.6) is 0 Å². The quantitative estimate of drug-likeness (QED) is 0.766. The lowest BCUT2D eigenvalue weighted by Gasteiger charge is -2.21. The van der Waals surface area contributed by atoms with Crippen LogP contribution in [0.15, 0.2) is 24.3 Å². The van der Waals surface area contributed by atoms with Gasteiger partial charge in [-0.15, -0.1) is 0 Å². The molecule has 0 aliphatic carbocycles. The molecule has 2 fully saturated rings. The van der Waals surface area contributed by atoms with Crippen LogP contribution in [-0.4, -0.2) is 53.3 Å². The summed E-state index contributed by atoms with van der Waals surface area (Å²) in [5.74, 6) is -0.406. The first-order chi connectivity index (χ1) is 10.7. The minimum absolute atomic E-state index is 0.154. The van der Waals surface area contributed by atoms with Crippen LogP contribution in [-0.2, 0) is 16.0 Å². The van der Waals surface area contributed by atoms with Gasteiger partial charge in [0.05, 0.1) is 0 Å². The highest BCUT2D eigenvalue weighted by atomic mass is 16.2. The van der Waals surface area contributed by atoms with E-state index in [-0.39, 0.29) is 30.4 Å². The Hall–Kier alpha value is -2.37. The van der Waals surface area contributed by atoms with Crippen molar-refractivity contribution in [1.29, 1.82) is 0 Å². The summed E-state index contributed by atoms with van der Waals surface area (Å²) in [6, 6.07) is 7.11. The Balaban J connectivity index is 1.52. The van der Waals surface area contributed by atoms with Crippen molar-refractivity contribution in [1.82, 2.24) is 9.80 Å². The number of amides is 4. The van der Waals surface area contributed by atoms with E-state index in [0.717, 1.165) is 29.0 Å². The van der Waals surface area contributed by atoms with Gasteiger partial charge in [0.15, 0.2) is 0 Å². The second-order valence-electron chi connectivity index (χ2n) is 5.98. The highest BCUT2D eigenvalue weighted by Gasteiger charge is 2.48. The molecule has 4 rings (SSSR count). The molecule has 3 aliphatic rings. The number of fused-ring (bicyclic) bond motifs is 2. The molecule has 0 aromatic heterocycles. The van der Waals surface area contributed by atoms with Gasteiger partial charge in [0, 0.05) is 18.8 Å². The number of para-hydroxylation sites is 1. The lowest BCUT2D eigenvalue weighted by atomic mass is 10.2. The van der Waals surface area contributed by atoms with E-state index in [0.29, 0.717) is 19.5 Å². The Labute approximate surface area is 128 Å². The Morgan fingerprint density at radius 3 is 2.82 bits per heavy atom. The van der Waals surface area contributed by atoms with Gasteiger partial charge in [-0.25, -0.2) is 4.79 Å². The minimum atomic E-state index is -0.342. The molecule has 0 radical (unpaired) electrons. The van der Waals surface area contributed by atoms with Gasteiger partial charge < -0.3 is 9.80 Å². The molecule has 6 nitrogen and oxygen atoms in total. The summed E-state index contributed by atoms with van der Waals surface area (Å²) in [6.45, 7) is 1.08. The number of anilines is 1. The summed E-state index contributed by atoms with van der Waals surface area (Å²) in [7, 11) is 0. The largest absolute Gasteiger partial charge is 0.327 e. The zero-order valence-corrected chi connectivity index (χ0v) is 12.2. The van der Waals surface area contributed by atoms with Crippen molar-refractivity contribution in [2.24, 2.45) is 0 Å². The van der Waals surface area contributed by atoms with Crippen LogP contribution >= 0.6 is 0 Å². The van der Waals surface area contributed by atoms with Gasteiger partial charge >= 0.3 is 6.03 Å². The van der Waals surface area contributed by atoms with Crippen molar-refractivity contribution in [2.45, 2.75) is 25.3 Å². The van der Waals surface area contributed by atoms with E-state index in [1.54, 1.807) is 9.80 Å². The van der Waals surface area contributed by atoms with Crippen LogP contribution in [0.4, 0.5) is 10.5 Å². The number of nitrogens with zero attached hydrogens (tertiary/aromatic N) is 3. The number of hydrogen-bond acceptors (Lipinski definition) is 3. The normalized spacial score (nSPS) is 23.3. The van der Waals surface area contributed by atoms with Crippen molar-refractivity contribution in [2.75, 3.05) is 24.5 Å². The monoisotopic (exact) mass is 299 g/mol. The summed E-state index contributed by atoms with van der Waals surface area (Å²) in [6.07, 6.45) is 2.39. The van der Waals surface area contributed by atoms with E-state index in [9.17, 15) is 14.4 Å². The standard InChI is InChI=1S/C16H17N3O3/c20-14(17-9-7-11-4-1-2-5-12(11)17)10-19-15(21)13-6-3-8-18(13)16(19)22/h1-2,4-5,13H,3,6-10H2. The number of rotatable bonds is 2. The zero-order valence-electron chi connectivity index (χ0n) is 12.2. The summed E-state index contributed by atoms with van der Waals surface area (Å²) in [4.78, 5) is 41.5. The molecule has 0 bridgehead atoms. The van der Waals surface area contributed by atoms with Crippen LogP contribution in [0, 0.1) is 0 Å². The lowest BCUT2D eigenvalue weighted by Crippen LogP contribution is -2.43. The van der Waals surface area contributed by atoms with Gasteiger partial charge in [-0.3, -0.25) is 14.5 Å². The van der Waals surface area contributed by atoms with Crippen LogP contribution in [0.3, 0.4) is 0 Å². The van der Waals surface area contributed by atoms with E-state index < -0.39 is 0 Å². The summed E-state index contributed by atoms with van der Waals surface area (Å²) in [5.41, 5.74) is 2.03. The number of carbonyl (C=O) groups excluding carboxylic acids is 3. The van der Waals surface area contributed by atoms with Crippen molar-refractivity contribution < 1.29 is 14.4 Å². The molecule has 0 saturated carbocycles. The Morgan fingerprint density at radius 1 is 1.18 bits per heavy atom. The van der Waals surface area contributed by atoms with Gasteiger partial charge in [-0.2, -0.15) is 0 Å². The van der Waals surface area contributed by atoms with Crippen LogP contribution < -0.4 is 4.90 Å². The van der Waals surface area contributed by atoms with Crippen LogP contribution in [0.25, 0.3) is 0 Å². The Morgan fingerprint density at radius 2 is 2.00 bits per heavy atom. The lowest BCUT2D eigenvalue weighted by molar-refractivity contribution is -0.131. The molecular formula is C16H17N3O3. The molecule has 1 aromatic rings. The first kappa shape index (κ1) is 13.3. The number of carbonyl (C=O) groups is 3. The predicted molar refractivity (Wildman–Crippen MR) is 79.3 cm³/mol. The molecule has 1 atom stereocenters. The third-order valence-electron chi connectivity index (χ3n) is 4.76. The fraction of sp³-hybridized carbons (Fsp3) is 0.438. The maximum Gasteiger partial charge on any atom is 0.327 e. The molecule has 6 heteroatoms. The summed E-state index contributed by atoms with van der Waals surface area (Å²) in [5, 5.41) is 0. The first-order valence-corrected chi connectivity index (χ1v) is 7.67. The third kappa shape index (κ3) is 1.83. The first-order valence-electron chi connectivity index (χ1n) is 7.67. The molecule has 2 saturated heterocycles. The van der Waals surface area contributed by atoms with E-state index >= 15 is 0 Å². The molecule has 1 unspecified atom stereocenters. The van der Waals surface area contributed by atoms with Crippen LogP contribution in [0.2, 0.25) is 0 Å². The zero-order chi connectivity index (χ0) is 15.3. The summed E-state index contributed by atoms with van der Waals surface area (Å²) >= 11 is 0. The smallest absolute Gasteiger partial charge is 0.312 e. The number of imide groups is 1. The highest BCUT2D eigenvalue weighted by molar-refractivity contribution is 6.08. The average Bonchev–Trinajstić information content (AvgIpc) is 3.21. The van der Waals surface area contributed by atoms with E-state index in [1.165, 1.54) is 0 Å². The molecule has 3 heterocycles. The van der Waals surface area contributed by atoms with Gasteiger partial charge in [0.1, 0.15) is 12.6 Å². The van der Waals surface area contributed by atoms with Gasteiger partial charge in [0.25, 0.3) is 5.91 Å². The molecule has 4 amide bonds. The number of hydrogen-bond donors (Lipinski definition) is 0. The molecule has 114 valence electrons. The molecule has 1 aromatic carbocycles. The van der Waals surface area contributed by atoms with Gasteiger partial charge in [0.2, 0.25) is 5.91 Å². The van der Waals surface area contributed by atoms with Crippen molar-refractivity contribution in [3.8, 4) is 0 Å².